The first-order valence-electron chi connectivity index (χ1n) is 7.86. The van der Waals surface area contributed by atoms with Crippen molar-refractivity contribution >= 4 is 12.6 Å². The van der Waals surface area contributed by atoms with Crippen LogP contribution in [0.1, 0.15) is 23.6 Å². The lowest BCUT2D eigenvalue weighted by Gasteiger charge is -2.38. The standard InChI is InChI=1S/C21H21NS/c1-17(23)22-21(18-11-5-2-6-12-18,19-13-7-3-8-14-19)20-15-9-4-10-16-20/h2-17,22-23H,1H3. The van der Waals surface area contributed by atoms with Crippen LogP contribution < -0.4 is 5.32 Å². The van der Waals surface area contributed by atoms with Gasteiger partial charge in [0, 0.05) is 5.37 Å². The fourth-order valence-electron chi connectivity index (χ4n) is 3.13. The zero-order valence-electron chi connectivity index (χ0n) is 13.2. The average molecular weight is 319 g/mol. The molecule has 0 aromatic heterocycles. The summed E-state index contributed by atoms with van der Waals surface area (Å²) >= 11 is 4.63. The Morgan fingerprint density at radius 3 is 1.22 bits per heavy atom. The van der Waals surface area contributed by atoms with Crippen molar-refractivity contribution in [1.82, 2.24) is 5.32 Å². The Morgan fingerprint density at radius 2 is 0.957 bits per heavy atom. The van der Waals surface area contributed by atoms with E-state index in [-0.39, 0.29) is 5.37 Å². The molecule has 0 fully saturated rings. The number of thiol groups is 1. The molecule has 0 bridgehead atoms. The summed E-state index contributed by atoms with van der Waals surface area (Å²) in [7, 11) is 0. The van der Waals surface area contributed by atoms with E-state index in [9.17, 15) is 0 Å². The third kappa shape index (κ3) is 3.19. The maximum atomic E-state index is 4.63. The summed E-state index contributed by atoms with van der Waals surface area (Å²) in [5.74, 6) is 0. The van der Waals surface area contributed by atoms with E-state index in [4.69, 9.17) is 0 Å². The molecule has 1 nitrogen and oxygen atoms in total. The van der Waals surface area contributed by atoms with Gasteiger partial charge in [-0.1, -0.05) is 91.0 Å². The topological polar surface area (TPSA) is 12.0 Å². The summed E-state index contributed by atoms with van der Waals surface area (Å²) < 4.78 is 0. The van der Waals surface area contributed by atoms with Crippen LogP contribution in [0.25, 0.3) is 0 Å². The van der Waals surface area contributed by atoms with Gasteiger partial charge in [-0.2, -0.15) is 12.6 Å². The predicted octanol–water partition coefficient (Wildman–Crippen LogP) is 4.84. The molecule has 0 aliphatic heterocycles. The minimum absolute atomic E-state index is 0.0376. The van der Waals surface area contributed by atoms with Gasteiger partial charge in [-0.25, -0.2) is 0 Å². The number of benzene rings is 3. The van der Waals surface area contributed by atoms with Gasteiger partial charge < -0.3 is 0 Å². The van der Waals surface area contributed by atoms with Crippen molar-refractivity contribution in [2.75, 3.05) is 0 Å². The molecule has 0 radical (unpaired) electrons. The third-order valence-corrected chi connectivity index (χ3v) is 4.17. The highest BCUT2D eigenvalue weighted by Gasteiger charge is 2.36. The van der Waals surface area contributed by atoms with Crippen LogP contribution in [0.15, 0.2) is 91.0 Å². The zero-order valence-corrected chi connectivity index (χ0v) is 14.1. The van der Waals surface area contributed by atoms with Crippen LogP contribution in [0, 0.1) is 0 Å². The number of nitrogens with one attached hydrogen (secondary N) is 1. The van der Waals surface area contributed by atoms with Gasteiger partial charge in [0.2, 0.25) is 0 Å². The van der Waals surface area contributed by atoms with E-state index in [1.165, 1.54) is 16.7 Å². The Morgan fingerprint density at radius 1 is 0.652 bits per heavy atom. The first kappa shape index (κ1) is 15.9. The molecule has 0 saturated carbocycles. The van der Waals surface area contributed by atoms with Crippen LogP contribution in [-0.2, 0) is 5.54 Å². The number of hydrogen-bond acceptors (Lipinski definition) is 2. The molecule has 1 atom stereocenters. The number of hydrogen-bond donors (Lipinski definition) is 2. The van der Waals surface area contributed by atoms with E-state index in [0.717, 1.165) is 0 Å². The van der Waals surface area contributed by atoms with E-state index in [2.05, 4.69) is 97.7 Å². The molecule has 116 valence electrons. The summed E-state index contributed by atoms with van der Waals surface area (Å²) in [6.07, 6.45) is 0. The van der Waals surface area contributed by atoms with Crippen molar-refractivity contribution < 1.29 is 0 Å². The maximum Gasteiger partial charge on any atom is 0.0956 e. The van der Waals surface area contributed by atoms with E-state index in [1.54, 1.807) is 0 Å². The maximum absolute atomic E-state index is 4.63. The van der Waals surface area contributed by atoms with Gasteiger partial charge in [0.1, 0.15) is 0 Å². The van der Waals surface area contributed by atoms with Crippen molar-refractivity contribution in [3.8, 4) is 0 Å². The van der Waals surface area contributed by atoms with Crippen LogP contribution in [0.3, 0.4) is 0 Å². The smallest absolute Gasteiger partial charge is 0.0956 e. The monoisotopic (exact) mass is 319 g/mol. The second-order valence-electron chi connectivity index (χ2n) is 5.67. The van der Waals surface area contributed by atoms with Gasteiger partial charge in [-0.15, -0.1) is 0 Å². The third-order valence-electron chi connectivity index (χ3n) is 4.05. The van der Waals surface area contributed by atoms with Crippen LogP contribution in [0.2, 0.25) is 0 Å². The van der Waals surface area contributed by atoms with Crippen molar-refractivity contribution in [2.24, 2.45) is 0 Å². The first-order chi connectivity index (χ1) is 11.2. The van der Waals surface area contributed by atoms with Gasteiger partial charge >= 0.3 is 0 Å². The summed E-state index contributed by atoms with van der Waals surface area (Å²) in [6.45, 7) is 2.06. The highest BCUT2D eigenvalue weighted by molar-refractivity contribution is 7.80. The SMILES string of the molecule is CC(S)NC(c1ccccc1)(c1ccccc1)c1ccccc1. The van der Waals surface area contributed by atoms with Gasteiger partial charge in [0.25, 0.3) is 0 Å². The Bertz CT molecular complexity index is 627. The van der Waals surface area contributed by atoms with Crippen LogP contribution in [0.5, 0.6) is 0 Å². The molecule has 3 aromatic rings. The molecule has 0 spiro atoms. The molecule has 0 aliphatic carbocycles. The first-order valence-corrected chi connectivity index (χ1v) is 8.37. The normalized spacial score (nSPS) is 12.8. The molecular formula is C21H21NS. The predicted molar refractivity (Wildman–Crippen MR) is 101 cm³/mol. The Balaban J connectivity index is 2.30. The van der Waals surface area contributed by atoms with Gasteiger partial charge in [-0.05, 0) is 23.6 Å². The zero-order chi connectivity index (χ0) is 16.1. The Hall–Kier alpha value is -2.03. The molecule has 1 N–H and O–H groups in total. The van der Waals surface area contributed by atoms with Gasteiger partial charge in [0.05, 0.1) is 5.54 Å². The van der Waals surface area contributed by atoms with Gasteiger partial charge in [0.15, 0.2) is 0 Å². The molecule has 3 rings (SSSR count). The molecular weight excluding hydrogens is 298 g/mol. The van der Waals surface area contributed by atoms with Crippen LogP contribution in [0.4, 0.5) is 0 Å². The fraction of sp³-hybridized carbons (Fsp3) is 0.143. The Labute approximate surface area is 143 Å². The fourth-order valence-corrected chi connectivity index (χ4v) is 3.32. The van der Waals surface area contributed by atoms with Crippen molar-refractivity contribution in [3.63, 3.8) is 0 Å². The summed E-state index contributed by atoms with van der Waals surface area (Å²) in [4.78, 5) is 0. The molecule has 3 aromatic carbocycles. The molecule has 0 heterocycles. The molecule has 0 amide bonds. The largest absolute Gasteiger partial charge is 0.289 e. The summed E-state index contributed by atoms with van der Waals surface area (Å²) in [5, 5.41) is 3.74. The second-order valence-corrected chi connectivity index (χ2v) is 6.44. The van der Waals surface area contributed by atoms with Crippen molar-refractivity contribution in [2.45, 2.75) is 17.8 Å². The van der Waals surface area contributed by atoms with Crippen molar-refractivity contribution in [3.05, 3.63) is 108 Å². The number of rotatable bonds is 5. The van der Waals surface area contributed by atoms with Crippen LogP contribution in [-0.4, -0.2) is 5.37 Å². The lowest BCUT2D eigenvalue weighted by molar-refractivity contribution is 0.471. The van der Waals surface area contributed by atoms with Crippen LogP contribution >= 0.6 is 12.6 Å². The highest BCUT2D eigenvalue weighted by Crippen LogP contribution is 2.37. The highest BCUT2D eigenvalue weighted by atomic mass is 32.1. The van der Waals surface area contributed by atoms with E-state index < -0.39 is 5.54 Å². The summed E-state index contributed by atoms with van der Waals surface area (Å²) in [5.41, 5.74) is 3.19. The van der Waals surface area contributed by atoms with E-state index in [0.29, 0.717) is 0 Å². The summed E-state index contributed by atoms with van der Waals surface area (Å²) in [6, 6.07) is 31.7. The van der Waals surface area contributed by atoms with Gasteiger partial charge in [-0.3, -0.25) is 5.32 Å². The average Bonchev–Trinajstić information content (AvgIpc) is 2.62. The van der Waals surface area contributed by atoms with Crippen molar-refractivity contribution in [1.29, 1.82) is 0 Å². The van der Waals surface area contributed by atoms with E-state index >= 15 is 0 Å². The molecule has 1 unspecified atom stereocenters. The molecule has 23 heavy (non-hydrogen) atoms. The molecule has 0 aliphatic rings. The lowest BCUT2D eigenvalue weighted by atomic mass is 9.77. The molecule has 2 heteroatoms. The minimum Gasteiger partial charge on any atom is -0.289 e. The second kappa shape index (κ2) is 7.03. The quantitative estimate of drug-likeness (QED) is 0.389. The van der Waals surface area contributed by atoms with E-state index in [1.807, 2.05) is 18.2 Å². The Kier molecular flexibility index (Phi) is 4.85. The molecule has 0 saturated heterocycles. The lowest BCUT2D eigenvalue weighted by Crippen LogP contribution is -2.47. The minimum atomic E-state index is -0.426.